The van der Waals surface area contributed by atoms with Gasteiger partial charge in [-0.25, -0.2) is 0 Å². The molecule has 1 heterocycles. The Balaban J connectivity index is 1.73. The Labute approximate surface area is 185 Å². The predicted molar refractivity (Wildman–Crippen MR) is 114 cm³/mol. The van der Waals surface area contributed by atoms with Gasteiger partial charge in [-0.05, 0) is 42.0 Å². The van der Waals surface area contributed by atoms with Crippen LogP contribution in [0.5, 0.6) is 17.2 Å². The van der Waals surface area contributed by atoms with Crippen LogP contribution in [0.3, 0.4) is 0 Å². The first-order valence-corrected chi connectivity index (χ1v) is 9.89. The Morgan fingerprint density at radius 2 is 1.69 bits per heavy atom. The minimum Gasteiger partial charge on any atom is -0.497 e. The highest BCUT2D eigenvalue weighted by atomic mass is 16.7. The summed E-state index contributed by atoms with van der Waals surface area (Å²) in [6.07, 6.45) is -3.99. The maximum Gasteiger partial charge on any atom is 0.229 e. The first kappa shape index (κ1) is 23.7. The van der Waals surface area contributed by atoms with Crippen molar-refractivity contribution in [3.05, 3.63) is 59.7 Å². The summed E-state index contributed by atoms with van der Waals surface area (Å²) in [5.41, 5.74) is 1.17. The molecule has 0 spiro atoms. The summed E-state index contributed by atoms with van der Waals surface area (Å²) >= 11 is 0. The van der Waals surface area contributed by atoms with E-state index in [0.29, 0.717) is 11.3 Å². The Kier molecular flexibility index (Phi) is 7.84. The fraction of sp³-hybridized carbons (Fsp3) is 0.348. The highest BCUT2D eigenvalue weighted by Crippen LogP contribution is 2.32. The van der Waals surface area contributed by atoms with E-state index in [1.165, 1.54) is 31.4 Å². The molecular formula is C23H26O9. The highest BCUT2D eigenvalue weighted by molar-refractivity contribution is 6.07. The summed E-state index contributed by atoms with van der Waals surface area (Å²) in [5, 5.41) is 39.2. The molecule has 5 atom stereocenters. The third-order valence-corrected chi connectivity index (χ3v) is 5.08. The molecule has 2 aromatic rings. The number of ether oxygens (including phenoxy) is 4. The quantitative estimate of drug-likeness (QED) is 0.343. The van der Waals surface area contributed by atoms with Crippen molar-refractivity contribution >= 4 is 11.9 Å². The number of rotatable bonds is 8. The molecule has 4 N–H and O–H groups in total. The van der Waals surface area contributed by atoms with E-state index in [2.05, 4.69) is 0 Å². The lowest BCUT2D eigenvalue weighted by atomic mass is 9.99. The Morgan fingerprint density at radius 1 is 0.969 bits per heavy atom. The van der Waals surface area contributed by atoms with Gasteiger partial charge in [-0.1, -0.05) is 18.2 Å². The van der Waals surface area contributed by atoms with E-state index in [1.807, 2.05) is 12.1 Å². The van der Waals surface area contributed by atoms with Gasteiger partial charge in [-0.15, -0.1) is 0 Å². The smallest absolute Gasteiger partial charge is 0.229 e. The summed E-state index contributed by atoms with van der Waals surface area (Å²) in [6.45, 7) is -0.574. The molecular weight excluding hydrogens is 420 g/mol. The van der Waals surface area contributed by atoms with Crippen LogP contribution in [0, 0.1) is 0 Å². The van der Waals surface area contributed by atoms with Crippen molar-refractivity contribution in [3.8, 4) is 17.2 Å². The molecule has 9 heteroatoms. The SMILES string of the molecule is COc1ccc(C=CC(=O)c2ccc(OC3OC(CO)C(O)C(O)C3O)c(OC)c2)cc1. The van der Waals surface area contributed by atoms with Gasteiger partial charge in [0, 0.05) is 5.56 Å². The molecule has 5 unspecified atom stereocenters. The molecule has 0 saturated carbocycles. The summed E-state index contributed by atoms with van der Waals surface area (Å²) in [6, 6.07) is 11.7. The lowest BCUT2D eigenvalue weighted by Gasteiger charge is -2.39. The Morgan fingerprint density at radius 3 is 2.31 bits per heavy atom. The van der Waals surface area contributed by atoms with E-state index in [0.717, 1.165) is 5.56 Å². The largest absolute Gasteiger partial charge is 0.497 e. The Hall–Kier alpha value is -2.95. The zero-order valence-corrected chi connectivity index (χ0v) is 17.6. The van der Waals surface area contributed by atoms with E-state index in [-0.39, 0.29) is 17.3 Å². The lowest BCUT2D eigenvalue weighted by molar-refractivity contribution is -0.277. The zero-order valence-electron chi connectivity index (χ0n) is 17.6. The first-order valence-electron chi connectivity index (χ1n) is 9.89. The molecule has 1 fully saturated rings. The first-order chi connectivity index (χ1) is 15.4. The van der Waals surface area contributed by atoms with Crippen LogP contribution in [0.4, 0.5) is 0 Å². The van der Waals surface area contributed by atoms with Crippen LogP contribution in [0.1, 0.15) is 15.9 Å². The monoisotopic (exact) mass is 446 g/mol. The minimum absolute atomic E-state index is 0.146. The van der Waals surface area contributed by atoms with Gasteiger partial charge in [0.15, 0.2) is 17.3 Å². The number of aliphatic hydroxyl groups excluding tert-OH is 4. The number of hydrogen-bond donors (Lipinski definition) is 4. The molecule has 1 aliphatic heterocycles. The minimum atomic E-state index is -1.57. The van der Waals surface area contributed by atoms with Gasteiger partial charge in [-0.3, -0.25) is 4.79 Å². The van der Waals surface area contributed by atoms with Crippen LogP contribution in [-0.4, -0.2) is 77.7 Å². The number of aliphatic hydroxyl groups is 4. The number of carbonyl (C=O) groups excluding carboxylic acids is 1. The van der Waals surface area contributed by atoms with Crippen LogP contribution < -0.4 is 14.2 Å². The predicted octanol–water partition coefficient (Wildman–Crippen LogP) is 0.779. The van der Waals surface area contributed by atoms with Crippen LogP contribution in [0.15, 0.2) is 48.5 Å². The van der Waals surface area contributed by atoms with Crippen molar-refractivity contribution in [1.29, 1.82) is 0 Å². The number of allylic oxidation sites excluding steroid dienone is 1. The van der Waals surface area contributed by atoms with Crippen LogP contribution >= 0.6 is 0 Å². The maximum atomic E-state index is 12.6. The number of hydrogen-bond acceptors (Lipinski definition) is 9. The molecule has 0 amide bonds. The number of carbonyl (C=O) groups is 1. The van der Waals surface area contributed by atoms with Crippen molar-refractivity contribution in [3.63, 3.8) is 0 Å². The van der Waals surface area contributed by atoms with Gasteiger partial charge >= 0.3 is 0 Å². The molecule has 1 aliphatic rings. The standard InChI is InChI=1S/C23H26O9/c1-29-15-7-3-13(4-8-15)5-9-16(25)14-6-10-17(18(11-14)30-2)31-23-22(28)21(27)20(26)19(12-24)32-23/h3-11,19-24,26-28H,12H2,1-2H3. The van der Waals surface area contributed by atoms with Crippen molar-refractivity contribution in [2.24, 2.45) is 0 Å². The third-order valence-electron chi connectivity index (χ3n) is 5.08. The van der Waals surface area contributed by atoms with E-state index in [9.17, 15) is 25.2 Å². The third kappa shape index (κ3) is 5.26. The molecule has 0 aliphatic carbocycles. The van der Waals surface area contributed by atoms with E-state index >= 15 is 0 Å². The van der Waals surface area contributed by atoms with Gasteiger partial charge in [0.25, 0.3) is 0 Å². The van der Waals surface area contributed by atoms with Gasteiger partial charge in [0.2, 0.25) is 6.29 Å². The molecule has 32 heavy (non-hydrogen) atoms. The van der Waals surface area contributed by atoms with Crippen molar-refractivity contribution in [2.45, 2.75) is 30.7 Å². The second-order valence-corrected chi connectivity index (χ2v) is 7.15. The zero-order chi connectivity index (χ0) is 23.3. The number of benzene rings is 2. The van der Waals surface area contributed by atoms with Crippen molar-refractivity contribution < 1.29 is 44.2 Å². The average Bonchev–Trinajstić information content (AvgIpc) is 2.83. The maximum absolute atomic E-state index is 12.6. The van der Waals surface area contributed by atoms with E-state index < -0.39 is 37.3 Å². The fourth-order valence-electron chi connectivity index (χ4n) is 3.19. The number of ketones is 1. The molecule has 9 nitrogen and oxygen atoms in total. The summed E-state index contributed by atoms with van der Waals surface area (Å²) in [5.74, 6) is 0.796. The average molecular weight is 446 g/mol. The van der Waals surface area contributed by atoms with Crippen LogP contribution in [0.2, 0.25) is 0 Å². The summed E-state index contributed by atoms with van der Waals surface area (Å²) in [4.78, 5) is 12.6. The van der Waals surface area contributed by atoms with Gasteiger partial charge < -0.3 is 39.4 Å². The van der Waals surface area contributed by atoms with Crippen molar-refractivity contribution in [2.75, 3.05) is 20.8 Å². The molecule has 3 rings (SSSR count). The van der Waals surface area contributed by atoms with Crippen LogP contribution in [0.25, 0.3) is 6.08 Å². The summed E-state index contributed by atoms with van der Waals surface area (Å²) < 4.78 is 21.3. The molecule has 0 aromatic heterocycles. The lowest BCUT2D eigenvalue weighted by Crippen LogP contribution is -2.60. The topological polar surface area (TPSA) is 135 Å². The fourth-order valence-corrected chi connectivity index (χ4v) is 3.19. The molecule has 2 aromatic carbocycles. The van der Waals surface area contributed by atoms with Gasteiger partial charge in [-0.2, -0.15) is 0 Å². The molecule has 172 valence electrons. The van der Waals surface area contributed by atoms with Gasteiger partial charge in [0.1, 0.15) is 30.2 Å². The van der Waals surface area contributed by atoms with Gasteiger partial charge in [0.05, 0.1) is 20.8 Å². The summed E-state index contributed by atoms with van der Waals surface area (Å²) in [7, 11) is 2.96. The number of methoxy groups -OCH3 is 2. The normalized spacial score (nSPS) is 25.5. The Bertz CT molecular complexity index is 939. The highest BCUT2D eigenvalue weighted by Gasteiger charge is 2.44. The van der Waals surface area contributed by atoms with E-state index in [1.54, 1.807) is 25.3 Å². The van der Waals surface area contributed by atoms with Crippen molar-refractivity contribution in [1.82, 2.24) is 0 Å². The molecule has 0 bridgehead atoms. The molecule has 0 radical (unpaired) electrons. The van der Waals surface area contributed by atoms with Crippen LogP contribution in [-0.2, 0) is 4.74 Å². The second-order valence-electron chi connectivity index (χ2n) is 7.15. The van der Waals surface area contributed by atoms with E-state index in [4.69, 9.17) is 18.9 Å². The molecule has 1 saturated heterocycles. The second kappa shape index (κ2) is 10.6.